The molecule has 0 heterocycles. The standard InChI is InChI=1S/C16H32N4O6/c1-24-14(21)18-10-6-9-17-8-4-5-12-20(16(23)26-3)13-7-11-19-15(22)25-2/h17H,4-13H2,1-3H3,(H,18,21)(H,19,22). The van der Waals surface area contributed by atoms with E-state index in [2.05, 4.69) is 25.4 Å². The maximum Gasteiger partial charge on any atom is 0.409 e. The molecule has 0 aliphatic rings. The summed E-state index contributed by atoms with van der Waals surface area (Å²) in [5.74, 6) is 0. The van der Waals surface area contributed by atoms with Crippen molar-refractivity contribution < 1.29 is 28.6 Å². The highest BCUT2D eigenvalue weighted by molar-refractivity contribution is 5.67. The van der Waals surface area contributed by atoms with Crippen molar-refractivity contribution in [3.8, 4) is 0 Å². The minimum atomic E-state index is -0.484. The van der Waals surface area contributed by atoms with Crippen LogP contribution < -0.4 is 16.0 Å². The van der Waals surface area contributed by atoms with Crippen molar-refractivity contribution in [1.82, 2.24) is 20.9 Å². The molecular weight excluding hydrogens is 344 g/mol. The molecule has 152 valence electrons. The van der Waals surface area contributed by atoms with E-state index in [1.807, 2.05) is 0 Å². The summed E-state index contributed by atoms with van der Waals surface area (Å²) in [6, 6.07) is 0. The fraction of sp³-hybridized carbons (Fsp3) is 0.812. The minimum absolute atomic E-state index is 0.370. The molecule has 0 aliphatic carbocycles. The summed E-state index contributed by atoms with van der Waals surface area (Å²) >= 11 is 0. The smallest absolute Gasteiger partial charge is 0.409 e. The van der Waals surface area contributed by atoms with Crippen LogP contribution in [0.4, 0.5) is 14.4 Å². The number of hydrogen-bond donors (Lipinski definition) is 3. The number of carbonyl (C=O) groups excluding carboxylic acids is 3. The number of nitrogens with zero attached hydrogens (tertiary/aromatic N) is 1. The number of ether oxygens (including phenoxy) is 3. The Morgan fingerprint density at radius 2 is 1.23 bits per heavy atom. The predicted octanol–water partition coefficient (Wildman–Crippen LogP) is 0.917. The first-order valence-corrected chi connectivity index (χ1v) is 8.72. The molecule has 0 fully saturated rings. The first-order chi connectivity index (χ1) is 12.5. The predicted molar refractivity (Wildman–Crippen MR) is 96.1 cm³/mol. The van der Waals surface area contributed by atoms with Crippen LogP contribution in [0.5, 0.6) is 0 Å². The summed E-state index contributed by atoms with van der Waals surface area (Å²) < 4.78 is 13.7. The van der Waals surface area contributed by atoms with Gasteiger partial charge in [-0.2, -0.15) is 0 Å². The van der Waals surface area contributed by atoms with Crippen LogP contribution in [0, 0.1) is 0 Å². The van der Waals surface area contributed by atoms with E-state index < -0.39 is 12.2 Å². The van der Waals surface area contributed by atoms with Crippen LogP contribution in [0.3, 0.4) is 0 Å². The zero-order chi connectivity index (χ0) is 19.6. The molecule has 0 aromatic heterocycles. The van der Waals surface area contributed by atoms with E-state index in [1.54, 1.807) is 4.90 Å². The van der Waals surface area contributed by atoms with Gasteiger partial charge in [-0.25, -0.2) is 14.4 Å². The van der Waals surface area contributed by atoms with Gasteiger partial charge < -0.3 is 35.1 Å². The Kier molecular flexibility index (Phi) is 14.9. The molecule has 0 atom stereocenters. The molecule has 0 radical (unpaired) electrons. The zero-order valence-electron chi connectivity index (χ0n) is 16.0. The van der Waals surface area contributed by atoms with E-state index in [-0.39, 0.29) is 6.09 Å². The highest BCUT2D eigenvalue weighted by Crippen LogP contribution is 2.00. The largest absolute Gasteiger partial charge is 0.453 e. The van der Waals surface area contributed by atoms with E-state index in [0.29, 0.717) is 32.6 Å². The number of rotatable bonds is 13. The van der Waals surface area contributed by atoms with Crippen molar-refractivity contribution in [2.75, 3.05) is 60.6 Å². The highest BCUT2D eigenvalue weighted by Gasteiger charge is 2.12. The van der Waals surface area contributed by atoms with Crippen molar-refractivity contribution in [2.24, 2.45) is 0 Å². The van der Waals surface area contributed by atoms with Gasteiger partial charge in [0.15, 0.2) is 0 Å². The molecule has 0 aromatic carbocycles. The van der Waals surface area contributed by atoms with Gasteiger partial charge in [-0.05, 0) is 38.8 Å². The molecule has 0 aromatic rings. The van der Waals surface area contributed by atoms with Crippen LogP contribution >= 0.6 is 0 Å². The Morgan fingerprint density at radius 1 is 0.692 bits per heavy atom. The summed E-state index contributed by atoms with van der Waals surface area (Å²) in [6.45, 7) is 3.72. The summed E-state index contributed by atoms with van der Waals surface area (Å²) in [4.78, 5) is 35.2. The van der Waals surface area contributed by atoms with Gasteiger partial charge >= 0.3 is 18.3 Å². The average molecular weight is 376 g/mol. The number of carbonyl (C=O) groups is 3. The summed E-state index contributed by atoms with van der Waals surface area (Å²) in [6.07, 6.45) is 1.92. The van der Waals surface area contributed by atoms with Gasteiger partial charge in [0.1, 0.15) is 0 Å². The second-order valence-electron chi connectivity index (χ2n) is 5.46. The average Bonchev–Trinajstić information content (AvgIpc) is 2.66. The number of hydrogen-bond acceptors (Lipinski definition) is 7. The molecular formula is C16H32N4O6. The van der Waals surface area contributed by atoms with Crippen LogP contribution in [-0.2, 0) is 14.2 Å². The topological polar surface area (TPSA) is 118 Å². The molecule has 0 aliphatic heterocycles. The lowest BCUT2D eigenvalue weighted by atomic mass is 10.2. The number of nitrogens with one attached hydrogen (secondary N) is 3. The van der Waals surface area contributed by atoms with Crippen molar-refractivity contribution in [3.05, 3.63) is 0 Å². The Bertz CT molecular complexity index is 408. The number of amides is 3. The molecule has 0 spiro atoms. The molecule has 10 nitrogen and oxygen atoms in total. The van der Waals surface area contributed by atoms with Crippen molar-refractivity contribution in [1.29, 1.82) is 0 Å². The molecule has 0 saturated carbocycles. The second-order valence-corrected chi connectivity index (χ2v) is 5.46. The maximum atomic E-state index is 11.7. The van der Waals surface area contributed by atoms with E-state index in [1.165, 1.54) is 21.3 Å². The highest BCUT2D eigenvalue weighted by atomic mass is 16.5. The number of methoxy groups -OCH3 is 3. The fourth-order valence-corrected chi connectivity index (χ4v) is 2.11. The van der Waals surface area contributed by atoms with E-state index in [4.69, 9.17) is 4.74 Å². The van der Waals surface area contributed by atoms with Crippen molar-refractivity contribution in [2.45, 2.75) is 25.7 Å². The lowest BCUT2D eigenvalue weighted by molar-refractivity contribution is 0.122. The third-order valence-corrected chi connectivity index (χ3v) is 3.51. The first kappa shape index (κ1) is 23.8. The fourth-order valence-electron chi connectivity index (χ4n) is 2.11. The van der Waals surface area contributed by atoms with Gasteiger partial charge in [-0.3, -0.25) is 0 Å². The second kappa shape index (κ2) is 16.2. The van der Waals surface area contributed by atoms with E-state index in [0.717, 1.165) is 32.4 Å². The Morgan fingerprint density at radius 3 is 1.81 bits per heavy atom. The van der Waals surface area contributed by atoms with Crippen LogP contribution in [0.1, 0.15) is 25.7 Å². The van der Waals surface area contributed by atoms with Crippen LogP contribution in [0.2, 0.25) is 0 Å². The minimum Gasteiger partial charge on any atom is -0.453 e. The monoisotopic (exact) mass is 376 g/mol. The van der Waals surface area contributed by atoms with E-state index >= 15 is 0 Å². The molecule has 10 heteroatoms. The quantitative estimate of drug-likeness (QED) is 0.323. The summed E-state index contributed by atoms with van der Waals surface area (Å²) in [5.41, 5.74) is 0. The molecule has 3 amide bonds. The Hall–Kier alpha value is -2.23. The van der Waals surface area contributed by atoms with Gasteiger partial charge in [-0.15, -0.1) is 0 Å². The molecule has 0 unspecified atom stereocenters. The van der Waals surface area contributed by atoms with Gasteiger partial charge in [0, 0.05) is 26.2 Å². The van der Waals surface area contributed by atoms with Crippen molar-refractivity contribution >= 4 is 18.3 Å². The van der Waals surface area contributed by atoms with Gasteiger partial charge in [0.05, 0.1) is 21.3 Å². The van der Waals surface area contributed by atoms with Crippen molar-refractivity contribution in [3.63, 3.8) is 0 Å². The van der Waals surface area contributed by atoms with Gasteiger partial charge in [-0.1, -0.05) is 0 Å². The van der Waals surface area contributed by atoms with Crippen LogP contribution in [0.25, 0.3) is 0 Å². The lowest BCUT2D eigenvalue weighted by Gasteiger charge is -2.21. The maximum absolute atomic E-state index is 11.7. The third kappa shape index (κ3) is 13.1. The van der Waals surface area contributed by atoms with E-state index in [9.17, 15) is 14.4 Å². The summed E-state index contributed by atoms with van der Waals surface area (Å²) in [5, 5.41) is 8.46. The molecule has 3 N–H and O–H groups in total. The first-order valence-electron chi connectivity index (χ1n) is 8.72. The van der Waals surface area contributed by atoms with Gasteiger partial charge in [0.2, 0.25) is 0 Å². The molecule has 26 heavy (non-hydrogen) atoms. The number of alkyl carbamates (subject to hydrolysis) is 2. The Balaban J connectivity index is 3.72. The Labute approximate surface area is 154 Å². The zero-order valence-corrected chi connectivity index (χ0v) is 16.0. The molecule has 0 saturated heterocycles. The van der Waals surface area contributed by atoms with Crippen LogP contribution in [0.15, 0.2) is 0 Å². The molecule has 0 bridgehead atoms. The molecule has 0 rings (SSSR count). The van der Waals surface area contributed by atoms with Crippen LogP contribution in [-0.4, -0.2) is 83.8 Å². The number of unbranched alkanes of at least 4 members (excludes halogenated alkanes) is 1. The lowest BCUT2D eigenvalue weighted by Crippen LogP contribution is -2.35. The third-order valence-electron chi connectivity index (χ3n) is 3.51. The normalized spacial score (nSPS) is 9.96. The summed E-state index contributed by atoms with van der Waals surface area (Å²) in [7, 11) is 3.99. The van der Waals surface area contributed by atoms with Gasteiger partial charge in [0.25, 0.3) is 0 Å². The SMILES string of the molecule is COC(=O)NCCCNCCCCN(CCCNC(=O)OC)C(=O)OC.